The second-order valence-corrected chi connectivity index (χ2v) is 7.16. The van der Waals surface area contributed by atoms with Crippen LogP contribution in [0.2, 0.25) is 0 Å². The maximum absolute atomic E-state index is 12.5. The van der Waals surface area contributed by atoms with Crippen molar-refractivity contribution in [2.75, 3.05) is 13.2 Å². The van der Waals surface area contributed by atoms with Crippen molar-refractivity contribution < 1.29 is 19.1 Å². The van der Waals surface area contributed by atoms with Gasteiger partial charge in [-0.05, 0) is 25.7 Å². The van der Waals surface area contributed by atoms with Gasteiger partial charge >= 0.3 is 12.1 Å². The Morgan fingerprint density at radius 2 is 1.32 bits per heavy atom. The van der Waals surface area contributed by atoms with Crippen LogP contribution in [0, 0.1) is 0 Å². The number of rotatable bonds is 13. The lowest BCUT2D eigenvalue weighted by atomic mass is 9.98. The van der Waals surface area contributed by atoms with Crippen LogP contribution in [0.1, 0.15) is 97.3 Å². The van der Waals surface area contributed by atoms with Crippen LogP contribution >= 0.6 is 0 Å². The van der Waals surface area contributed by atoms with Gasteiger partial charge in [0.25, 0.3) is 0 Å². The van der Waals surface area contributed by atoms with Gasteiger partial charge in [-0.2, -0.15) is 0 Å². The largest absolute Gasteiger partial charge is 0.464 e. The standard InChI is InChI=1S/C20H37NO4/c1-3-5-7-8-9-13-17-25-19(23)21-20(14-10-11-15-20)18(22)24-16-12-6-4-2/h3-17H2,1-2H3,(H,21,23). The molecule has 0 bridgehead atoms. The molecule has 0 saturated heterocycles. The van der Waals surface area contributed by atoms with Crippen molar-refractivity contribution >= 4 is 12.1 Å². The highest BCUT2D eigenvalue weighted by Gasteiger charge is 2.44. The highest BCUT2D eigenvalue weighted by molar-refractivity contribution is 5.86. The van der Waals surface area contributed by atoms with Crippen molar-refractivity contribution in [2.45, 2.75) is 103 Å². The average Bonchev–Trinajstić information content (AvgIpc) is 3.07. The fourth-order valence-electron chi connectivity index (χ4n) is 3.29. The molecule has 5 heteroatoms. The van der Waals surface area contributed by atoms with E-state index in [1.54, 1.807) is 0 Å². The lowest BCUT2D eigenvalue weighted by Gasteiger charge is -2.27. The second kappa shape index (κ2) is 13.0. The molecule has 1 aliphatic carbocycles. The minimum Gasteiger partial charge on any atom is -0.464 e. The van der Waals surface area contributed by atoms with Crippen molar-refractivity contribution in [1.29, 1.82) is 0 Å². The van der Waals surface area contributed by atoms with Crippen LogP contribution in [0.3, 0.4) is 0 Å². The summed E-state index contributed by atoms with van der Waals surface area (Å²) in [7, 11) is 0. The molecule has 25 heavy (non-hydrogen) atoms. The number of ether oxygens (including phenoxy) is 2. The lowest BCUT2D eigenvalue weighted by Crippen LogP contribution is -2.53. The zero-order chi connectivity index (χ0) is 18.4. The smallest absolute Gasteiger partial charge is 0.408 e. The maximum Gasteiger partial charge on any atom is 0.408 e. The van der Waals surface area contributed by atoms with Gasteiger partial charge in [-0.25, -0.2) is 9.59 Å². The number of esters is 1. The van der Waals surface area contributed by atoms with E-state index >= 15 is 0 Å². The van der Waals surface area contributed by atoms with Gasteiger partial charge in [-0.15, -0.1) is 0 Å². The number of hydrogen-bond acceptors (Lipinski definition) is 4. The van der Waals surface area contributed by atoms with E-state index in [-0.39, 0.29) is 5.97 Å². The monoisotopic (exact) mass is 355 g/mol. The zero-order valence-corrected chi connectivity index (χ0v) is 16.2. The molecule has 1 N–H and O–H groups in total. The Kier molecular flexibility index (Phi) is 11.3. The van der Waals surface area contributed by atoms with Gasteiger partial charge < -0.3 is 14.8 Å². The normalized spacial score (nSPS) is 15.8. The topological polar surface area (TPSA) is 64.6 Å². The Labute approximate surface area is 153 Å². The number of amides is 1. The predicted molar refractivity (Wildman–Crippen MR) is 99.5 cm³/mol. The fourth-order valence-corrected chi connectivity index (χ4v) is 3.29. The summed E-state index contributed by atoms with van der Waals surface area (Å²) < 4.78 is 10.7. The van der Waals surface area contributed by atoms with Crippen LogP contribution < -0.4 is 5.32 Å². The first-order chi connectivity index (χ1) is 12.1. The molecule has 0 radical (unpaired) electrons. The van der Waals surface area contributed by atoms with Crippen LogP contribution in [0.5, 0.6) is 0 Å². The van der Waals surface area contributed by atoms with Gasteiger partial charge in [0.2, 0.25) is 0 Å². The second-order valence-electron chi connectivity index (χ2n) is 7.16. The van der Waals surface area contributed by atoms with Crippen molar-refractivity contribution in [3.05, 3.63) is 0 Å². The Balaban J connectivity index is 2.28. The number of nitrogens with one attached hydrogen (secondary N) is 1. The Hall–Kier alpha value is -1.26. The maximum atomic E-state index is 12.5. The SMILES string of the molecule is CCCCCCCCOC(=O)NC1(C(=O)OCCCCC)CCCC1. The average molecular weight is 356 g/mol. The third kappa shape index (κ3) is 8.59. The molecule has 0 heterocycles. The highest BCUT2D eigenvalue weighted by atomic mass is 16.6. The lowest BCUT2D eigenvalue weighted by molar-refractivity contribution is -0.151. The third-order valence-corrected chi connectivity index (χ3v) is 4.90. The van der Waals surface area contributed by atoms with Crippen LogP contribution in [0.4, 0.5) is 4.79 Å². The number of carbonyl (C=O) groups excluding carboxylic acids is 2. The van der Waals surface area contributed by atoms with Gasteiger partial charge in [-0.3, -0.25) is 0 Å². The van der Waals surface area contributed by atoms with E-state index in [0.29, 0.717) is 26.1 Å². The van der Waals surface area contributed by atoms with Crippen molar-refractivity contribution in [3.63, 3.8) is 0 Å². The first-order valence-electron chi connectivity index (χ1n) is 10.3. The summed E-state index contributed by atoms with van der Waals surface area (Å²) in [5.74, 6) is -0.294. The molecule has 0 unspecified atom stereocenters. The predicted octanol–water partition coefficient (Wildman–Crippen LogP) is 5.12. The molecule has 146 valence electrons. The molecule has 0 aliphatic heterocycles. The van der Waals surface area contributed by atoms with Gasteiger partial charge in [0.05, 0.1) is 13.2 Å². The van der Waals surface area contributed by atoms with Crippen LogP contribution in [0.15, 0.2) is 0 Å². The summed E-state index contributed by atoms with van der Waals surface area (Å²) in [5, 5.41) is 2.81. The Morgan fingerprint density at radius 3 is 2.00 bits per heavy atom. The molecule has 5 nitrogen and oxygen atoms in total. The van der Waals surface area contributed by atoms with E-state index in [9.17, 15) is 9.59 Å². The first-order valence-corrected chi connectivity index (χ1v) is 10.3. The van der Waals surface area contributed by atoms with Gasteiger partial charge in [0, 0.05) is 0 Å². The van der Waals surface area contributed by atoms with Crippen LogP contribution in [0.25, 0.3) is 0 Å². The summed E-state index contributed by atoms with van der Waals surface area (Å²) in [5.41, 5.74) is -0.871. The number of hydrogen-bond donors (Lipinski definition) is 1. The van der Waals surface area contributed by atoms with E-state index < -0.39 is 11.6 Å². The number of alkyl carbamates (subject to hydrolysis) is 1. The molecule has 1 fully saturated rings. The molecule has 1 saturated carbocycles. The van der Waals surface area contributed by atoms with Gasteiger partial charge in [0.1, 0.15) is 5.54 Å². The zero-order valence-electron chi connectivity index (χ0n) is 16.2. The van der Waals surface area contributed by atoms with E-state index in [1.807, 2.05) is 0 Å². The fraction of sp³-hybridized carbons (Fsp3) is 0.900. The summed E-state index contributed by atoms with van der Waals surface area (Å²) in [6.07, 6.45) is 12.6. The summed E-state index contributed by atoms with van der Waals surface area (Å²) >= 11 is 0. The van der Waals surface area contributed by atoms with Crippen molar-refractivity contribution in [1.82, 2.24) is 5.32 Å². The quantitative estimate of drug-likeness (QED) is 0.368. The summed E-state index contributed by atoms with van der Waals surface area (Å²) in [6, 6.07) is 0. The van der Waals surface area contributed by atoms with Crippen molar-refractivity contribution in [3.8, 4) is 0 Å². The van der Waals surface area contributed by atoms with E-state index in [4.69, 9.17) is 9.47 Å². The van der Waals surface area contributed by atoms with Crippen LogP contribution in [-0.4, -0.2) is 30.8 Å². The van der Waals surface area contributed by atoms with E-state index in [2.05, 4.69) is 19.2 Å². The van der Waals surface area contributed by atoms with Crippen molar-refractivity contribution in [2.24, 2.45) is 0 Å². The van der Waals surface area contributed by atoms with Gasteiger partial charge in [-0.1, -0.05) is 71.6 Å². The molecule has 0 aromatic heterocycles. The van der Waals surface area contributed by atoms with E-state index in [1.165, 1.54) is 25.7 Å². The Bertz CT molecular complexity index is 378. The molecular weight excluding hydrogens is 318 g/mol. The molecule has 1 aliphatic rings. The minimum atomic E-state index is -0.871. The molecule has 1 amide bonds. The molecule has 0 aromatic carbocycles. The first kappa shape index (κ1) is 21.8. The molecular formula is C20H37NO4. The summed E-state index contributed by atoms with van der Waals surface area (Å²) in [6.45, 7) is 5.16. The highest BCUT2D eigenvalue weighted by Crippen LogP contribution is 2.31. The molecule has 0 atom stereocenters. The van der Waals surface area contributed by atoms with Crippen LogP contribution in [-0.2, 0) is 14.3 Å². The number of unbranched alkanes of at least 4 members (excludes halogenated alkanes) is 7. The number of carbonyl (C=O) groups is 2. The Morgan fingerprint density at radius 1 is 0.800 bits per heavy atom. The minimum absolute atomic E-state index is 0.294. The molecule has 0 spiro atoms. The van der Waals surface area contributed by atoms with E-state index in [0.717, 1.165) is 44.9 Å². The van der Waals surface area contributed by atoms with Gasteiger partial charge in [0.15, 0.2) is 0 Å². The molecule has 0 aromatic rings. The third-order valence-electron chi connectivity index (χ3n) is 4.90. The summed E-state index contributed by atoms with van der Waals surface area (Å²) in [4.78, 5) is 24.5. The molecule has 1 rings (SSSR count).